The first-order valence-electron chi connectivity index (χ1n) is 54.1. The maximum absolute atomic E-state index is 15.7. The molecule has 130 heavy (non-hydrogen) atoms. The van der Waals surface area contributed by atoms with Crippen molar-refractivity contribution in [2.75, 3.05) is 13.2 Å². The minimum atomic E-state index is -2.96. The molecule has 4 saturated carbocycles. The molecular weight excluding hydrogens is 1790 g/mol. The van der Waals surface area contributed by atoms with Gasteiger partial charge in [-0.1, -0.05) is 240 Å². The molecular formula is C101H198O20Si9. The van der Waals surface area contributed by atoms with Crippen LogP contribution in [-0.4, -0.2) is 215 Å². The first-order chi connectivity index (χ1) is 61.5. The molecule has 2 N–H and O–H groups in total. The van der Waals surface area contributed by atoms with E-state index in [1.807, 2.05) is 0 Å². The van der Waals surface area contributed by atoms with Gasteiger partial charge in [0, 0.05) is 0 Å². The van der Waals surface area contributed by atoms with Crippen molar-refractivity contribution in [2.24, 2.45) is 50.2 Å². The van der Waals surface area contributed by atoms with E-state index in [4.69, 9.17) is 68.3 Å². The van der Waals surface area contributed by atoms with Crippen molar-refractivity contribution in [3.8, 4) is 0 Å². The lowest BCUT2D eigenvalue weighted by Crippen LogP contribution is -2.72. The highest BCUT2D eigenvalue weighted by atomic mass is 28.4. The number of hydrogen-bond acceptors (Lipinski definition) is 18. The standard InChI is InChI=1S/C101H198O20Si9/c1-34-122(35-2,36-3)108-72-76-82(116-125(43-10,44-11)45-12)85(118-127(49-16,50-17)51-18)90(121-130(58-25,59-26)60-27)94(109-76)113-88-84(111-92-89(120-129(55-22,56-23)57-24)83(117-126(46-13,47-14)48-15)77(71-107-92)114-123(37-4,38-5)39-6)86(119-128(52-19,53-20)54-21)87(91(103)104)112-93(88)110-80-64-65-97(30)78(98(80,31)73-102)63-66-99(32)79(97)62-61-74-75-69-96(28,29)67-68-101(75,95(105)106)81(70-100(74,99)33)115-124(40-7,41-8)42-9/h61,73,75-90,92-94H,34-60,62-72H2,1-33H3,(H,103,104)(H,105,106)/t75?,76?,77-,78-,79?,80+,81+,82+,83+,84+,85+,86+,87?,88?,89?,90?,92+,93-,94+,97?,98-,99-,100-,101-/m1/s1. The third-order valence-electron chi connectivity index (χ3n) is 39.6. The Bertz CT molecular complexity index is 3460. The number of rotatable bonds is 55. The van der Waals surface area contributed by atoms with E-state index >= 15 is 9.59 Å². The molecule has 3 saturated heterocycles. The number of carbonyl (C=O) groups excluding carboxylic acids is 1. The second kappa shape index (κ2) is 47.3. The zero-order valence-electron chi connectivity index (χ0n) is 89.2. The highest BCUT2D eigenvalue weighted by molar-refractivity contribution is 6.77. The van der Waals surface area contributed by atoms with E-state index in [1.165, 1.54) is 11.9 Å². The van der Waals surface area contributed by atoms with Crippen molar-refractivity contribution < 1.29 is 92.9 Å². The summed E-state index contributed by atoms with van der Waals surface area (Å²) in [6.07, 6.45) is -6.24. The molecule has 5 aliphatic carbocycles. The van der Waals surface area contributed by atoms with E-state index in [0.717, 1.165) is 171 Å². The van der Waals surface area contributed by atoms with Gasteiger partial charge in [-0.2, -0.15) is 0 Å². The second-order valence-electron chi connectivity index (χ2n) is 43.9. The quantitative estimate of drug-likeness (QED) is 0.0249. The highest BCUT2D eigenvalue weighted by Crippen LogP contribution is 2.77. The van der Waals surface area contributed by atoms with Crippen molar-refractivity contribution in [2.45, 2.75) is 548 Å². The van der Waals surface area contributed by atoms with Crippen molar-refractivity contribution in [3.05, 3.63) is 11.6 Å². The molecule has 0 aromatic carbocycles. The van der Waals surface area contributed by atoms with Crippen molar-refractivity contribution in [1.29, 1.82) is 0 Å². The van der Waals surface area contributed by atoms with E-state index in [0.29, 0.717) is 50.2 Å². The molecule has 3 heterocycles. The smallest absolute Gasteiger partial charge is 0.335 e. The fraction of sp³-hybridized carbons (Fsp3) is 0.950. The van der Waals surface area contributed by atoms with E-state index in [9.17, 15) is 15.0 Å². The molecule has 0 bridgehead atoms. The van der Waals surface area contributed by atoms with E-state index in [1.54, 1.807) is 0 Å². The lowest BCUT2D eigenvalue weighted by Gasteiger charge is -2.72. The number of fused-ring (bicyclic) bond motifs is 7. The van der Waals surface area contributed by atoms with Crippen LogP contribution in [-0.2, 0) is 82.6 Å². The van der Waals surface area contributed by atoms with Gasteiger partial charge in [-0.25, -0.2) is 4.79 Å². The largest absolute Gasteiger partial charge is 0.481 e. The van der Waals surface area contributed by atoms with Crippen LogP contribution >= 0.6 is 0 Å². The third kappa shape index (κ3) is 22.2. The predicted octanol–water partition coefficient (Wildman–Crippen LogP) is 26.9. The summed E-state index contributed by atoms with van der Waals surface area (Å²) in [5.41, 5.74) is -2.16. The summed E-state index contributed by atoms with van der Waals surface area (Å²) in [7, 11) is -23.5. The van der Waals surface area contributed by atoms with Gasteiger partial charge in [0.05, 0.1) is 42.4 Å². The van der Waals surface area contributed by atoms with Gasteiger partial charge in [0.25, 0.3) is 0 Å². The average molecular weight is 1990 g/mol. The van der Waals surface area contributed by atoms with E-state index < -0.39 is 207 Å². The maximum Gasteiger partial charge on any atom is 0.335 e. The summed E-state index contributed by atoms with van der Waals surface area (Å²) in [5.74, 6) is -2.27. The number of hydrogen-bond donors (Lipinski definition) is 2. The molecule has 8 aliphatic rings. The van der Waals surface area contributed by atoms with Crippen LogP contribution in [0.4, 0.5) is 0 Å². The molecule has 7 fully saturated rings. The highest BCUT2D eigenvalue weighted by Gasteiger charge is 2.74. The maximum atomic E-state index is 15.7. The number of carboxylic acid groups (broad SMARTS) is 2. The Kier molecular flexibility index (Phi) is 41.8. The molecule has 8 unspecified atom stereocenters. The van der Waals surface area contributed by atoms with Gasteiger partial charge in [-0.05, 0) is 260 Å². The number of carbonyl (C=O) groups is 3. The Hall–Kier alpha value is -0.298. The Morgan fingerprint density at radius 3 is 1.22 bits per heavy atom. The summed E-state index contributed by atoms with van der Waals surface area (Å²) in [5, 5.41) is 24.7. The lowest BCUT2D eigenvalue weighted by molar-refractivity contribution is -0.387. The van der Waals surface area contributed by atoms with Crippen LogP contribution in [0.5, 0.6) is 0 Å². The molecule has 0 amide bonds. The number of aldehydes is 1. The van der Waals surface area contributed by atoms with Crippen molar-refractivity contribution in [1.82, 2.24) is 0 Å². The molecule has 8 rings (SSSR count). The van der Waals surface area contributed by atoms with Crippen LogP contribution in [0.15, 0.2) is 11.6 Å². The van der Waals surface area contributed by atoms with Crippen LogP contribution < -0.4 is 0 Å². The molecule has 0 radical (unpaired) electrons. The van der Waals surface area contributed by atoms with E-state index in [2.05, 4.69) is 235 Å². The van der Waals surface area contributed by atoms with Crippen LogP contribution in [0.2, 0.25) is 163 Å². The summed E-state index contributed by atoms with van der Waals surface area (Å²) >= 11 is 0. The molecule has 24 atom stereocenters. The number of allylic oxidation sites excluding steroid dienone is 2. The average Bonchev–Trinajstić information content (AvgIpc) is 0.667. The van der Waals surface area contributed by atoms with Gasteiger partial charge in [0.15, 0.2) is 99.8 Å². The Morgan fingerprint density at radius 2 is 0.785 bits per heavy atom. The van der Waals surface area contributed by atoms with Gasteiger partial charge in [-0.15, -0.1) is 0 Å². The minimum Gasteiger partial charge on any atom is -0.481 e. The molecule has 758 valence electrons. The first-order valence-corrected chi connectivity index (χ1v) is 76.9. The van der Waals surface area contributed by atoms with Gasteiger partial charge in [0.1, 0.15) is 61.2 Å². The molecule has 0 aromatic heterocycles. The van der Waals surface area contributed by atoms with Crippen LogP contribution in [0.1, 0.15) is 286 Å². The van der Waals surface area contributed by atoms with Crippen LogP contribution in [0.25, 0.3) is 0 Å². The Labute approximate surface area is 803 Å². The van der Waals surface area contributed by atoms with Gasteiger partial charge in [-0.3, -0.25) is 4.79 Å². The first kappa shape index (κ1) is 115. The summed E-state index contributed by atoms with van der Waals surface area (Å²) in [6, 6.07) is 23.1. The summed E-state index contributed by atoms with van der Waals surface area (Å²) in [6.45, 7) is 75.9. The normalized spacial score (nSPS) is 34.9. The van der Waals surface area contributed by atoms with Crippen LogP contribution in [0.3, 0.4) is 0 Å². The SMILES string of the molecule is CC[Si](CC)(CC)OCC1O[C@@H](OC2[C@H](O[C@H]3CCC4(C)C5CC=C6C7CC(C)(C)CC[C@]7(C(=O)O)[C@@H](O[Si](CC)(CC)CC)C[C@@]6(C)[C@]5(C)CC[C@H]4[C@@]3(C)C=O)OC(C(=O)O)[C@@H](O[Si](CC)(CC)CC)[C@@H]2O[C@@H]2OC[C@@H](O[Si](CC)(CC)CC)[C@H](O[Si](CC)(CC)CC)C2O[Si](CC)(CC)CC)C(O[Si](CC)(CC)CC)[C@@H](O[Si](CC)(CC)CC)[C@H]1O[Si](CC)(CC)CC. The van der Waals surface area contributed by atoms with Crippen molar-refractivity contribution in [3.63, 3.8) is 0 Å². The molecule has 0 aromatic rings. The zero-order valence-corrected chi connectivity index (χ0v) is 98.2. The summed E-state index contributed by atoms with van der Waals surface area (Å²) < 4.78 is 121. The zero-order chi connectivity index (χ0) is 97.1. The van der Waals surface area contributed by atoms with Crippen LogP contribution in [0, 0.1) is 50.2 Å². The molecule has 29 heteroatoms. The van der Waals surface area contributed by atoms with Crippen molar-refractivity contribution >= 4 is 93.1 Å². The van der Waals surface area contributed by atoms with E-state index in [-0.39, 0.29) is 41.8 Å². The number of carboxylic acids is 2. The molecule has 20 nitrogen and oxygen atoms in total. The van der Waals surface area contributed by atoms with Gasteiger partial charge >= 0.3 is 11.9 Å². The topological polar surface area (TPSA) is 230 Å². The van der Waals surface area contributed by atoms with Gasteiger partial charge < -0.3 is 83.3 Å². The second-order valence-corrected chi connectivity index (χ2v) is 86.4. The Morgan fingerprint density at radius 1 is 0.392 bits per heavy atom. The fourth-order valence-corrected chi connectivity index (χ4v) is 52.8. The molecule has 3 aliphatic heterocycles. The number of ether oxygens (including phenoxy) is 6. The predicted molar refractivity (Wildman–Crippen MR) is 551 cm³/mol. The minimum absolute atomic E-state index is 0.0677. The monoisotopic (exact) mass is 1980 g/mol. The number of aliphatic carboxylic acids is 2. The summed E-state index contributed by atoms with van der Waals surface area (Å²) in [4.78, 5) is 45.9. The molecule has 0 spiro atoms. The Balaban J connectivity index is 1.47. The van der Waals surface area contributed by atoms with Gasteiger partial charge in [0.2, 0.25) is 0 Å². The fourth-order valence-electron chi connectivity index (χ4n) is 27.4. The third-order valence-corrected chi connectivity index (χ3v) is 81.4. The lowest BCUT2D eigenvalue weighted by atomic mass is 9.33.